The van der Waals surface area contributed by atoms with Crippen LogP contribution >= 0.6 is 11.6 Å². The van der Waals surface area contributed by atoms with Gasteiger partial charge in [0, 0.05) is 5.39 Å². The lowest BCUT2D eigenvalue weighted by Gasteiger charge is -2.03. The summed E-state index contributed by atoms with van der Waals surface area (Å²) in [6.07, 6.45) is 0. The number of fused-ring (bicyclic) bond motifs is 1. The minimum atomic E-state index is -0.524. The molecule has 0 spiro atoms. The highest BCUT2D eigenvalue weighted by molar-refractivity contribution is 6.31. The Balaban J connectivity index is 2.89. The molecule has 2 aromatic rings. The van der Waals surface area contributed by atoms with Crippen molar-refractivity contribution in [2.75, 3.05) is 0 Å². The number of halogens is 3. The molecule has 0 aliphatic carbocycles. The predicted molar refractivity (Wildman–Crippen MR) is 53.6 cm³/mol. The van der Waals surface area contributed by atoms with Crippen molar-refractivity contribution in [3.8, 4) is 0 Å². The van der Waals surface area contributed by atoms with Crippen molar-refractivity contribution in [2.24, 2.45) is 0 Å². The van der Waals surface area contributed by atoms with Gasteiger partial charge in [0.25, 0.3) is 0 Å². The summed E-state index contributed by atoms with van der Waals surface area (Å²) in [5.41, 5.74) is 0.761. The molecule has 0 saturated carbocycles. The van der Waals surface area contributed by atoms with Gasteiger partial charge in [-0.3, -0.25) is 0 Å². The zero-order chi connectivity index (χ0) is 10.3. The summed E-state index contributed by atoms with van der Waals surface area (Å²) in [5, 5.41) is 0.826. The average molecular weight is 213 g/mol. The molecule has 0 radical (unpaired) electrons. The molecule has 14 heavy (non-hydrogen) atoms. The summed E-state index contributed by atoms with van der Waals surface area (Å²) in [6.45, 7) is 1.76. The molecule has 2 rings (SSSR count). The summed E-state index contributed by atoms with van der Waals surface area (Å²) in [4.78, 5) is 0. The first-order chi connectivity index (χ1) is 6.58. The first kappa shape index (κ1) is 9.41. The Bertz CT molecular complexity index is 506. The Morgan fingerprint density at radius 3 is 2.43 bits per heavy atom. The van der Waals surface area contributed by atoms with Crippen molar-refractivity contribution in [2.45, 2.75) is 6.92 Å². The molecule has 2 aromatic carbocycles. The molecule has 0 aliphatic heterocycles. The van der Waals surface area contributed by atoms with Gasteiger partial charge in [0.05, 0.1) is 5.02 Å². The van der Waals surface area contributed by atoms with Crippen molar-refractivity contribution in [3.05, 3.63) is 46.5 Å². The smallest absolute Gasteiger partial charge is 0.142 e. The monoisotopic (exact) mass is 212 g/mol. The first-order valence-corrected chi connectivity index (χ1v) is 4.50. The highest BCUT2D eigenvalue weighted by Crippen LogP contribution is 2.25. The van der Waals surface area contributed by atoms with E-state index in [1.807, 2.05) is 0 Å². The van der Waals surface area contributed by atoms with Crippen molar-refractivity contribution in [3.63, 3.8) is 0 Å². The molecule has 0 atom stereocenters. The normalized spacial score (nSPS) is 10.9. The van der Waals surface area contributed by atoms with Crippen LogP contribution < -0.4 is 0 Å². The predicted octanol–water partition coefficient (Wildman–Crippen LogP) is 4.08. The first-order valence-electron chi connectivity index (χ1n) is 4.13. The van der Waals surface area contributed by atoms with Gasteiger partial charge >= 0.3 is 0 Å². The fraction of sp³-hybridized carbons (Fsp3) is 0.0909. The molecule has 0 bridgehead atoms. The molecule has 3 heteroatoms. The van der Waals surface area contributed by atoms with Gasteiger partial charge in [0.1, 0.15) is 11.6 Å². The molecule has 0 saturated heterocycles. The highest BCUT2D eigenvalue weighted by Gasteiger charge is 2.06. The summed E-state index contributed by atoms with van der Waals surface area (Å²) >= 11 is 5.56. The van der Waals surface area contributed by atoms with Crippen LogP contribution in [0.5, 0.6) is 0 Å². The number of aryl methyl sites for hydroxylation is 1. The van der Waals surface area contributed by atoms with Crippen LogP contribution in [0.2, 0.25) is 5.02 Å². The van der Waals surface area contributed by atoms with E-state index >= 15 is 0 Å². The number of hydrogen-bond acceptors (Lipinski definition) is 0. The van der Waals surface area contributed by atoms with Gasteiger partial charge in [-0.25, -0.2) is 8.78 Å². The van der Waals surface area contributed by atoms with Gasteiger partial charge < -0.3 is 0 Å². The molecular formula is C11H7ClF2. The molecule has 0 aromatic heterocycles. The van der Waals surface area contributed by atoms with E-state index < -0.39 is 5.82 Å². The number of benzene rings is 2. The Hall–Kier alpha value is -1.15. The molecule has 72 valence electrons. The van der Waals surface area contributed by atoms with Crippen LogP contribution in [0.3, 0.4) is 0 Å². The SMILES string of the molecule is Cc1cc(F)c2cc(Cl)c(F)cc2c1. The summed E-state index contributed by atoms with van der Waals surface area (Å²) < 4.78 is 26.4. The molecule has 0 aliphatic rings. The Morgan fingerprint density at radius 1 is 1.00 bits per heavy atom. The van der Waals surface area contributed by atoms with E-state index in [1.54, 1.807) is 13.0 Å². The second-order valence-corrected chi connectivity index (χ2v) is 3.64. The minimum absolute atomic E-state index is 0.0553. The standard InChI is InChI=1S/C11H7ClF2/c1-6-2-7-4-11(14)9(12)5-8(7)10(13)3-6/h2-5H,1H3. The topological polar surface area (TPSA) is 0 Å². The van der Waals surface area contributed by atoms with Crippen LogP contribution in [0.4, 0.5) is 8.78 Å². The van der Waals surface area contributed by atoms with Gasteiger partial charge in [0.15, 0.2) is 0 Å². The maximum Gasteiger partial charge on any atom is 0.142 e. The van der Waals surface area contributed by atoms with Crippen LogP contribution in [0.1, 0.15) is 5.56 Å². The van der Waals surface area contributed by atoms with E-state index in [1.165, 1.54) is 18.2 Å². The minimum Gasteiger partial charge on any atom is -0.206 e. The zero-order valence-electron chi connectivity index (χ0n) is 7.44. The van der Waals surface area contributed by atoms with E-state index in [0.717, 1.165) is 5.56 Å². The van der Waals surface area contributed by atoms with E-state index in [0.29, 0.717) is 10.8 Å². The lowest BCUT2D eigenvalue weighted by Crippen LogP contribution is -1.85. The Kier molecular flexibility index (Phi) is 2.16. The third kappa shape index (κ3) is 1.46. The van der Waals surface area contributed by atoms with Crippen LogP contribution in [0, 0.1) is 18.6 Å². The third-order valence-corrected chi connectivity index (χ3v) is 2.38. The van der Waals surface area contributed by atoms with Crippen molar-refractivity contribution in [1.82, 2.24) is 0 Å². The molecule has 0 fully saturated rings. The maximum atomic E-state index is 13.4. The second-order valence-electron chi connectivity index (χ2n) is 3.23. The molecular weight excluding hydrogens is 206 g/mol. The van der Waals surface area contributed by atoms with Crippen molar-refractivity contribution in [1.29, 1.82) is 0 Å². The van der Waals surface area contributed by atoms with Crippen LogP contribution in [0.15, 0.2) is 24.3 Å². The molecule has 0 unspecified atom stereocenters. The largest absolute Gasteiger partial charge is 0.206 e. The number of hydrogen-bond donors (Lipinski definition) is 0. The van der Waals surface area contributed by atoms with Gasteiger partial charge in [-0.05, 0) is 36.1 Å². The summed E-state index contributed by atoms with van der Waals surface area (Å²) in [7, 11) is 0. The highest BCUT2D eigenvalue weighted by atomic mass is 35.5. The third-order valence-electron chi connectivity index (χ3n) is 2.09. The van der Waals surface area contributed by atoms with E-state index in [-0.39, 0.29) is 10.8 Å². The van der Waals surface area contributed by atoms with Crippen LogP contribution in [-0.2, 0) is 0 Å². The maximum absolute atomic E-state index is 13.4. The lowest BCUT2D eigenvalue weighted by molar-refractivity contribution is 0.627. The van der Waals surface area contributed by atoms with Gasteiger partial charge in [0.2, 0.25) is 0 Å². The van der Waals surface area contributed by atoms with Crippen molar-refractivity contribution < 1.29 is 8.78 Å². The average Bonchev–Trinajstić information content (AvgIpc) is 2.08. The Labute approximate surface area is 85.1 Å². The van der Waals surface area contributed by atoms with E-state index in [2.05, 4.69) is 0 Å². The fourth-order valence-electron chi connectivity index (χ4n) is 1.45. The second kappa shape index (κ2) is 3.21. The van der Waals surface area contributed by atoms with Gasteiger partial charge in [-0.15, -0.1) is 0 Å². The molecule has 0 nitrogen and oxygen atoms in total. The van der Waals surface area contributed by atoms with E-state index in [9.17, 15) is 8.78 Å². The van der Waals surface area contributed by atoms with E-state index in [4.69, 9.17) is 11.6 Å². The molecule has 0 heterocycles. The van der Waals surface area contributed by atoms with Crippen LogP contribution in [0.25, 0.3) is 10.8 Å². The number of rotatable bonds is 0. The van der Waals surface area contributed by atoms with Crippen LogP contribution in [-0.4, -0.2) is 0 Å². The lowest BCUT2D eigenvalue weighted by atomic mass is 10.1. The zero-order valence-corrected chi connectivity index (χ0v) is 8.20. The van der Waals surface area contributed by atoms with Gasteiger partial charge in [-0.2, -0.15) is 0 Å². The van der Waals surface area contributed by atoms with Gasteiger partial charge in [-0.1, -0.05) is 17.7 Å². The Morgan fingerprint density at radius 2 is 1.71 bits per heavy atom. The quantitative estimate of drug-likeness (QED) is 0.617. The molecule has 0 amide bonds. The van der Waals surface area contributed by atoms with Crippen molar-refractivity contribution >= 4 is 22.4 Å². The summed E-state index contributed by atoms with van der Waals surface area (Å²) in [6, 6.07) is 5.67. The summed E-state index contributed by atoms with van der Waals surface area (Å²) in [5.74, 6) is -0.897. The fourth-order valence-corrected chi connectivity index (χ4v) is 1.62. The molecule has 0 N–H and O–H groups in total.